The Morgan fingerprint density at radius 3 is 2.10 bits per heavy atom. The van der Waals surface area contributed by atoms with E-state index in [1.54, 1.807) is 0 Å². The van der Waals surface area contributed by atoms with Crippen molar-refractivity contribution in [3.63, 3.8) is 0 Å². The van der Waals surface area contributed by atoms with Gasteiger partial charge in [-0.05, 0) is 38.4 Å². The molecule has 0 fully saturated rings. The lowest BCUT2D eigenvalue weighted by atomic mass is 10.0. The van der Waals surface area contributed by atoms with Crippen LogP contribution in [0.25, 0.3) is 0 Å². The van der Waals surface area contributed by atoms with Crippen LogP contribution in [0, 0.1) is 13.8 Å². The van der Waals surface area contributed by atoms with Gasteiger partial charge in [-0.3, -0.25) is 0 Å². The lowest BCUT2D eigenvalue weighted by molar-refractivity contribution is 0.480. The van der Waals surface area contributed by atoms with Gasteiger partial charge in [-0.2, -0.15) is 0 Å². The number of nitrogens with one attached hydrogen (secondary N) is 1. The van der Waals surface area contributed by atoms with Crippen molar-refractivity contribution in [1.29, 1.82) is 0 Å². The van der Waals surface area contributed by atoms with Gasteiger partial charge in [0, 0.05) is 15.8 Å². The van der Waals surface area contributed by atoms with Crippen molar-refractivity contribution < 1.29 is 0 Å². The van der Waals surface area contributed by atoms with E-state index in [0.717, 1.165) is 6.54 Å². The largest absolute Gasteiger partial charge is 0.310 e. The zero-order chi connectivity index (χ0) is 15.5. The molecule has 2 heteroatoms. The quantitative estimate of drug-likeness (QED) is 0.432. The van der Waals surface area contributed by atoms with Crippen LogP contribution in [0.3, 0.4) is 0 Å². The van der Waals surface area contributed by atoms with E-state index in [-0.39, 0.29) is 0 Å². The molecular formula is C19H35NS. The summed E-state index contributed by atoms with van der Waals surface area (Å²) < 4.78 is 0. The number of thiophene rings is 1. The topological polar surface area (TPSA) is 12.0 Å². The molecule has 1 unspecified atom stereocenters. The SMILES string of the molecule is CCCCCCCCCCC(NCC)c1cc(C)c(C)s1. The van der Waals surface area contributed by atoms with Gasteiger partial charge in [0.1, 0.15) is 0 Å². The fourth-order valence-corrected chi connectivity index (χ4v) is 4.00. The highest BCUT2D eigenvalue weighted by Gasteiger charge is 2.13. The molecule has 1 rings (SSSR count). The Morgan fingerprint density at radius 1 is 0.952 bits per heavy atom. The van der Waals surface area contributed by atoms with Gasteiger partial charge in [-0.1, -0.05) is 65.2 Å². The lowest BCUT2D eigenvalue weighted by Gasteiger charge is -2.16. The number of unbranched alkanes of at least 4 members (excludes halogenated alkanes) is 7. The molecule has 0 aromatic carbocycles. The zero-order valence-electron chi connectivity index (χ0n) is 14.6. The molecule has 0 saturated carbocycles. The van der Waals surface area contributed by atoms with Crippen LogP contribution in [-0.2, 0) is 0 Å². The summed E-state index contributed by atoms with van der Waals surface area (Å²) >= 11 is 1.98. The highest BCUT2D eigenvalue weighted by Crippen LogP contribution is 2.29. The van der Waals surface area contributed by atoms with Crippen LogP contribution in [0.2, 0.25) is 0 Å². The molecule has 21 heavy (non-hydrogen) atoms. The van der Waals surface area contributed by atoms with E-state index in [4.69, 9.17) is 0 Å². The summed E-state index contributed by atoms with van der Waals surface area (Å²) in [6, 6.07) is 2.96. The summed E-state index contributed by atoms with van der Waals surface area (Å²) in [5.74, 6) is 0. The fourth-order valence-electron chi connectivity index (χ4n) is 2.85. The summed E-state index contributed by atoms with van der Waals surface area (Å²) in [5, 5.41) is 3.67. The van der Waals surface area contributed by atoms with Crippen LogP contribution in [0.5, 0.6) is 0 Å². The third kappa shape index (κ3) is 7.46. The number of hydrogen-bond donors (Lipinski definition) is 1. The Labute approximate surface area is 136 Å². The normalized spacial score (nSPS) is 12.8. The molecule has 0 radical (unpaired) electrons. The molecule has 0 amide bonds. The van der Waals surface area contributed by atoms with Crippen LogP contribution >= 0.6 is 11.3 Å². The van der Waals surface area contributed by atoms with E-state index >= 15 is 0 Å². The van der Waals surface area contributed by atoms with Gasteiger partial charge in [0.25, 0.3) is 0 Å². The van der Waals surface area contributed by atoms with Gasteiger partial charge in [0.2, 0.25) is 0 Å². The van der Waals surface area contributed by atoms with E-state index < -0.39 is 0 Å². The van der Waals surface area contributed by atoms with Crippen LogP contribution < -0.4 is 5.32 Å². The van der Waals surface area contributed by atoms with Crippen LogP contribution in [0.1, 0.15) is 93.0 Å². The second-order valence-electron chi connectivity index (χ2n) is 6.26. The van der Waals surface area contributed by atoms with Crippen LogP contribution in [0.4, 0.5) is 0 Å². The molecule has 1 heterocycles. The second kappa shape index (κ2) is 11.3. The van der Waals surface area contributed by atoms with Crippen molar-refractivity contribution in [1.82, 2.24) is 5.32 Å². The fraction of sp³-hybridized carbons (Fsp3) is 0.789. The maximum atomic E-state index is 3.67. The minimum absolute atomic E-state index is 0.576. The van der Waals surface area contributed by atoms with Crippen molar-refractivity contribution >= 4 is 11.3 Å². The first kappa shape index (κ1) is 18.7. The smallest absolute Gasteiger partial charge is 0.0414 e. The van der Waals surface area contributed by atoms with Crippen molar-refractivity contribution in [2.24, 2.45) is 0 Å². The molecule has 0 spiro atoms. The molecule has 1 nitrogen and oxygen atoms in total. The molecule has 0 aliphatic heterocycles. The maximum Gasteiger partial charge on any atom is 0.0414 e. The van der Waals surface area contributed by atoms with E-state index in [9.17, 15) is 0 Å². The molecule has 1 aromatic heterocycles. The molecule has 1 N–H and O–H groups in total. The maximum absolute atomic E-state index is 3.67. The standard InChI is InChI=1S/C19H35NS/c1-5-7-8-9-10-11-12-13-14-18(20-6-2)19-15-16(3)17(4)21-19/h15,18,20H,5-14H2,1-4H3. The van der Waals surface area contributed by atoms with Gasteiger partial charge >= 0.3 is 0 Å². The highest BCUT2D eigenvalue weighted by atomic mass is 32.1. The Hall–Kier alpha value is -0.340. The van der Waals surface area contributed by atoms with Crippen LogP contribution in [-0.4, -0.2) is 6.54 Å². The second-order valence-corrected chi connectivity index (χ2v) is 7.55. The van der Waals surface area contributed by atoms with E-state index in [0.29, 0.717) is 6.04 Å². The highest BCUT2D eigenvalue weighted by molar-refractivity contribution is 7.12. The Bertz CT molecular complexity index is 350. The summed E-state index contributed by atoms with van der Waals surface area (Å²) in [4.78, 5) is 3.01. The van der Waals surface area contributed by atoms with Gasteiger partial charge in [-0.15, -0.1) is 11.3 Å². The first-order chi connectivity index (χ1) is 10.2. The van der Waals surface area contributed by atoms with Crippen LogP contribution in [0.15, 0.2) is 6.07 Å². The van der Waals surface area contributed by atoms with Crippen molar-refractivity contribution in [3.05, 3.63) is 21.4 Å². The Balaban J connectivity index is 2.22. The summed E-state index contributed by atoms with van der Waals surface area (Å²) in [6.07, 6.45) is 12.6. The third-order valence-corrected chi connectivity index (χ3v) is 5.59. The molecule has 122 valence electrons. The molecule has 1 atom stereocenters. The van der Waals surface area contributed by atoms with E-state index in [1.807, 2.05) is 11.3 Å². The minimum Gasteiger partial charge on any atom is -0.310 e. The molecule has 1 aromatic rings. The lowest BCUT2D eigenvalue weighted by Crippen LogP contribution is -2.19. The van der Waals surface area contributed by atoms with E-state index in [1.165, 1.54) is 73.1 Å². The number of aryl methyl sites for hydroxylation is 2. The first-order valence-corrected chi connectivity index (χ1v) is 9.81. The zero-order valence-corrected chi connectivity index (χ0v) is 15.5. The van der Waals surface area contributed by atoms with Gasteiger partial charge in [-0.25, -0.2) is 0 Å². The van der Waals surface area contributed by atoms with Gasteiger partial charge in [0.05, 0.1) is 0 Å². The molecule has 0 aliphatic rings. The van der Waals surface area contributed by atoms with Gasteiger partial charge in [0.15, 0.2) is 0 Å². The average molecular weight is 310 g/mol. The predicted molar refractivity (Wildman–Crippen MR) is 97.4 cm³/mol. The molecule has 0 saturated heterocycles. The molecule has 0 bridgehead atoms. The molecular weight excluding hydrogens is 274 g/mol. The Morgan fingerprint density at radius 2 is 1.57 bits per heavy atom. The summed E-state index contributed by atoms with van der Waals surface area (Å²) in [7, 11) is 0. The van der Waals surface area contributed by atoms with Crippen molar-refractivity contribution in [3.8, 4) is 0 Å². The first-order valence-electron chi connectivity index (χ1n) is 8.99. The van der Waals surface area contributed by atoms with Crippen molar-refractivity contribution in [2.75, 3.05) is 6.54 Å². The average Bonchev–Trinajstić information content (AvgIpc) is 2.80. The molecule has 0 aliphatic carbocycles. The number of rotatable bonds is 12. The van der Waals surface area contributed by atoms with E-state index in [2.05, 4.69) is 39.1 Å². The third-order valence-electron chi connectivity index (χ3n) is 4.33. The number of hydrogen-bond acceptors (Lipinski definition) is 2. The summed E-state index contributed by atoms with van der Waals surface area (Å²) in [5.41, 5.74) is 1.45. The van der Waals surface area contributed by atoms with Gasteiger partial charge < -0.3 is 5.32 Å². The predicted octanol–water partition coefficient (Wildman–Crippen LogP) is 6.55. The summed E-state index contributed by atoms with van der Waals surface area (Å²) in [6.45, 7) is 10.0. The minimum atomic E-state index is 0.576. The monoisotopic (exact) mass is 309 g/mol. The Kier molecular flexibility index (Phi) is 10.0. The van der Waals surface area contributed by atoms with Crippen molar-refractivity contribution in [2.45, 2.75) is 91.5 Å².